The van der Waals surface area contributed by atoms with Gasteiger partial charge in [0.2, 0.25) is 21.8 Å². The van der Waals surface area contributed by atoms with E-state index in [1.807, 2.05) is 44.2 Å². The SMILES string of the molecule is CCNC(=O)C(Cc1ccccc1)N(Cc1ccc(Cl)c(Cl)c1)C(=O)CCCN(c1ccc(OCC)cc1)S(C)(=O)=O. The van der Waals surface area contributed by atoms with Crippen LogP contribution in [0.2, 0.25) is 10.0 Å². The molecule has 0 aliphatic carbocycles. The first-order valence-corrected chi connectivity index (χ1v) is 16.4. The van der Waals surface area contributed by atoms with Crippen LogP contribution in [0.4, 0.5) is 5.69 Å². The molecule has 3 aromatic carbocycles. The van der Waals surface area contributed by atoms with Crippen LogP contribution in [-0.2, 0) is 32.6 Å². The van der Waals surface area contributed by atoms with Crippen LogP contribution >= 0.6 is 23.2 Å². The highest BCUT2D eigenvalue weighted by Crippen LogP contribution is 2.26. The van der Waals surface area contributed by atoms with Crippen LogP contribution < -0.4 is 14.4 Å². The number of nitrogens with zero attached hydrogens (tertiary/aromatic N) is 2. The summed E-state index contributed by atoms with van der Waals surface area (Å²) in [6, 6.07) is 20.6. The van der Waals surface area contributed by atoms with E-state index in [-0.39, 0.29) is 37.7 Å². The van der Waals surface area contributed by atoms with Gasteiger partial charge >= 0.3 is 0 Å². The zero-order chi connectivity index (χ0) is 30.7. The molecule has 1 atom stereocenters. The Morgan fingerprint density at radius 3 is 2.21 bits per heavy atom. The summed E-state index contributed by atoms with van der Waals surface area (Å²) in [6.07, 6.45) is 1.70. The van der Waals surface area contributed by atoms with E-state index in [9.17, 15) is 18.0 Å². The zero-order valence-corrected chi connectivity index (χ0v) is 26.4. The average Bonchev–Trinajstić information content (AvgIpc) is 2.95. The summed E-state index contributed by atoms with van der Waals surface area (Å²) in [5.74, 6) is 0.0768. The van der Waals surface area contributed by atoms with E-state index in [0.717, 1.165) is 11.8 Å². The van der Waals surface area contributed by atoms with Crippen molar-refractivity contribution in [2.45, 2.75) is 45.7 Å². The number of hydrogen-bond acceptors (Lipinski definition) is 5. The maximum absolute atomic E-state index is 13.8. The minimum Gasteiger partial charge on any atom is -0.494 e. The Bertz CT molecular complexity index is 1440. The Hall–Kier alpha value is -3.27. The molecule has 0 heterocycles. The molecule has 0 aliphatic rings. The minimum absolute atomic E-state index is 0.0229. The third kappa shape index (κ3) is 9.64. The van der Waals surface area contributed by atoms with E-state index in [1.54, 1.807) is 47.4 Å². The lowest BCUT2D eigenvalue weighted by Crippen LogP contribution is -2.50. The molecule has 226 valence electrons. The van der Waals surface area contributed by atoms with E-state index in [0.29, 0.717) is 46.6 Å². The lowest BCUT2D eigenvalue weighted by molar-refractivity contribution is -0.141. The predicted molar refractivity (Wildman–Crippen MR) is 169 cm³/mol. The topological polar surface area (TPSA) is 96.0 Å². The van der Waals surface area contributed by atoms with E-state index in [4.69, 9.17) is 27.9 Å². The lowest BCUT2D eigenvalue weighted by Gasteiger charge is -2.32. The van der Waals surface area contributed by atoms with Gasteiger partial charge in [0.05, 0.1) is 28.6 Å². The van der Waals surface area contributed by atoms with Gasteiger partial charge in [0, 0.05) is 32.5 Å². The van der Waals surface area contributed by atoms with E-state index in [2.05, 4.69) is 5.32 Å². The number of benzene rings is 3. The molecule has 8 nitrogen and oxygen atoms in total. The standard InChI is InChI=1S/C31H37Cl2N3O5S/c1-4-34-31(38)29(21-23-10-7-6-8-11-23)35(22-24-13-18-27(32)28(33)20-24)30(37)12-9-19-36(42(3,39)40)25-14-16-26(17-15-25)41-5-2/h6-8,10-11,13-18,20,29H,4-5,9,12,19,21-22H2,1-3H3,(H,34,38). The molecule has 0 radical (unpaired) electrons. The summed E-state index contributed by atoms with van der Waals surface area (Å²) >= 11 is 12.4. The molecular formula is C31H37Cl2N3O5S. The molecule has 1 unspecified atom stereocenters. The van der Waals surface area contributed by atoms with Crippen LogP contribution in [0.1, 0.15) is 37.8 Å². The van der Waals surface area contributed by atoms with E-state index >= 15 is 0 Å². The highest BCUT2D eigenvalue weighted by atomic mass is 35.5. The molecule has 0 aliphatic heterocycles. The number of likely N-dealkylation sites (N-methyl/N-ethyl adjacent to an activating group) is 1. The Labute approximate surface area is 258 Å². The summed E-state index contributed by atoms with van der Waals surface area (Å²) in [6.45, 7) is 4.81. The monoisotopic (exact) mass is 633 g/mol. The van der Waals surface area contributed by atoms with Gasteiger partial charge < -0.3 is 15.0 Å². The van der Waals surface area contributed by atoms with Gasteiger partial charge in [0.1, 0.15) is 11.8 Å². The average molecular weight is 635 g/mol. The van der Waals surface area contributed by atoms with Gasteiger partial charge in [-0.1, -0.05) is 59.6 Å². The Balaban J connectivity index is 1.86. The molecule has 0 fully saturated rings. The Kier molecular flexibility index (Phi) is 12.5. The molecule has 0 saturated heterocycles. The van der Waals surface area contributed by atoms with E-state index < -0.39 is 16.1 Å². The first-order chi connectivity index (χ1) is 20.0. The lowest BCUT2D eigenvalue weighted by atomic mass is 10.0. The fraction of sp³-hybridized carbons (Fsp3) is 0.355. The molecule has 2 amide bonds. The smallest absolute Gasteiger partial charge is 0.243 e. The maximum Gasteiger partial charge on any atom is 0.243 e. The molecule has 1 N–H and O–H groups in total. The normalized spacial score (nSPS) is 11.9. The molecule has 3 aromatic rings. The van der Waals surface area contributed by atoms with Crippen molar-refractivity contribution in [2.24, 2.45) is 0 Å². The highest BCUT2D eigenvalue weighted by Gasteiger charge is 2.30. The maximum atomic E-state index is 13.8. The van der Waals surface area contributed by atoms with E-state index in [1.165, 1.54) is 4.31 Å². The number of amides is 2. The van der Waals surface area contributed by atoms with Gasteiger partial charge in [0.15, 0.2) is 0 Å². The second kappa shape index (κ2) is 15.8. The van der Waals surface area contributed by atoms with Gasteiger partial charge in [-0.2, -0.15) is 0 Å². The molecule has 11 heteroatoms. The number of hydrogen-bond donors (Lipinski definition) is 1. The second-order valence-electron chi connectivity index (χ2n) is 9.74. The van der Waals surface area contributed by atoms with Crippen LogP contribution in [0.3, 0.4) is 0 Å². The Morgan fingerprint density at radius 1 is 0.929 bits per heavy atom. The van der Waals surface area contributed by atoms with Crippen molar-refractivity contribution in [3.05, 3.63) is 94.0 Å². The van der Waals surface area contributed by atoms with Crippen molar-refractivity contribution in [1.82, 2.24) is 10.2 Å². The quantitative estimate of drug-likeness (QED) is 0.231. The first kappa shape index (κ1) is 33.2. The minimum atomic E-state index is -3.62. The van der Waals surface area contributed by atoms with Gasteiger partial charge in [-0.05, 0) is 67.8 Å². The summed E-state index contributed by atoms with van der Waals surface area (Å²) in [4.78, 5) is 28.7. The van der Waals surface area contributed by atoms with Gasteiger partial charge in [-0.15, -0.1) is 0 Å². The number of rotatable bonds is 15. The molecule has 42 heavy (non-hydrogen) atoms. The molecule has 0 aromatic heterocycles. The molecule has 0 saturated carbocycles. The van der Waals surface area contributed by atoms with Crippen molar-refractivity contribution in [3.63, 3.8) is 0 Å². The van der Waals surface area contributed by atoms with Crippen molar-refractivity contribution < 1.29 is 22.7 Å². The number of sulfonamides is 1. The first-order valence-electron chi connectivity index (χ1n) is 13.8. The van der Waals surface area contributed by atoms with Crippen molar-refractivity contribution >= 4 is 50.7 Å². The van der Waals surface area contributed by atoms with Crippen LogP contribution in [0.15, 0.2) is 72.8 Å². The molecule has 0 bridgehead atoms. The number of carbonyl (C=O) groups is 2. The Morgan fingerprint density at radius 2 is 1.62 bits per heavy atom. The largest absolute Gasteiger partial charge is 0.494 e. The molecular weight excluding hydrogens is 597 g/mol. The van der Waals surface area contributed by atoms with Gasteiger partial charge in [-0.25, -0.2) is 8.42 Å². The molecule has 0 spiro atoms. The second-order valence-corrected chi connectivity index (χ2v) is 12.5. The third-order valence-corrected chi connectivity index (χ3v) is 8.48. The number of nitrogens with one attached hydrogen (secondary N) is 1. The summed E-state index contributed by atoms with van der Waals surface area (Å²) < 4.78 is 32.0. The predicted octanol–water partition coefficient (Wildman–Crippen LogP) is 5.71. The van der Waals surface area contributed by atoms with Crippen LogP contribution in [0.25, 0.3) is 0 Å². The van der Waals surface area contributed by atoms with Crippen LogP contribution in [0, 0.1) is 0 Å². The van der Waals surface area contributed by atoms with Crippen LogP contribution in [0.5, 0.6) is 5.75 Å². The van der Waals surface area contributed by atoms with Crippen LogP contribution in [-0.4, -0.2) is 57.1 Å². The highest BCUT2D eigenvalue weighted by molar-refractivity contribution is 7.92. The number of halogens is 2. The van der Waals surface area contributed by atoms with Gasteiger partial charge in [0.25, 0.3) is 0 Å². The third-order valence-electron chi connectivity index (χ3n) is 6.55. The van der Waals surface area contributed by atoms with Crippen molar-refractivity contribution in [3.8, 4) is 5.75 Å². The van der Waals surface area contributed by atoms with Crippen molar-refractivity contribution in [2.75, 3.05) is 30.3 Å². The summed E-state index contributed by atoms with van der Waals surface area (Å²) in [5, 5.41) is 3.59. The summed E-state index contributed by atoms with van der Waals surface area (Å²) in [5.41, 5.74) is 2.09. The van der Waals surface area contributed by atoms with Gasteiger partial charge in [-0.3, -0.25) is 13.9 Å². The summed E-state index contributed by atoms with van der Waals surface area (Å²) in [7, 11) is -3.62. The zero-order valence-electron chi connectivity index (χ0n) is 24.1. The number of anilines is 1. The number of ether oxygens (including phenoxy) is 1. The van der Waals surface area contributed by atoms with Crippen molar-refractivity contribution in [1.29, 1.82) is 0 Å². The molecule has 3 rings (SSSR count). The fourth-order valence-corrected chi connectivity index (χ4v) is 5.85. The number of carbonyl (C=O) groups excluding carboxylic acids is 2. The fourth-order valence-electron chi connectivity index (χ4n) is 4.56.